The van der Waals surface area contributed by atoms with E-state index in [-0.39, 0.29) is 5.91 Å². The number of carbonyl (C=O) groups is 2. The molecule has 1 amide bonds. The first-order valence-electron chi connectivity index (χ1n) is 8.72. The fourth-order valence-corrected chi connectivity index (χ4v) is 3.31. The van der Waals surface area contributed by atoms with Crippen molar-refractivity contribution in [2.75, 3.05) is 20.8 Å². The molecule has 142 valence electrons. The summed E-state index contributed by atoms with van der Waals surface area (Å²) in [5.41, 5.74) is 3.12. The molecule has 6 nitrogen and oxygen atoms in total. The molecule has 0 aliphatic heterocycles. The summed E-state index contributed by atoms with van der Waals surface area (Å²) in [6.45, 7) is 4.29. The molecule has 0 heterocycles. The van der Waals surface area contributed by atoms with Crippen molar-refractivity contribution in [2.45, 2.75) is 33.1 Å². The summed E-state index contributed by atoms with van der Waals surface area (Å²) in [5.74, 6) is -1.44. The van der Waals surface area contributed by atoms with Crippen molar-refractivity contribution in [3.63, 3.8) is 0 Å². The summed E-state index contributed by atoms with van der Waals surface area (Å²) in [4.78, 5) is 23.9. The van der Waals surface area contributed by atoms with Crippen molar-refractivity contribution in [1.82, 2.24) is 5.32 Å². The molecule has 1 aromatic carbocycles. The van der Waals surface area contributed by atoms with Gasteiger partial charge in [0, 0.05) is 24.3 Å². The smallest absolute Gasteiger partial charge is 0.224 e. The maximum absolute atomic E-state index is 12.5. The molecule has 0 radical (unpaired) electrons. The number of aliphatic carboxylic acids is 1. The highest BCUT2D eigenvalue weighted by atomic mass is 16.5. The molecule has 0 fully saturated rings. The van der Waals surface area contributed by atoms with Gasteiger partial charge in [-0.1, -0.05) is 17.2 Å². The van der Waals surface area contributed by atoms with E-state index in [2.05, 4.69) is 5.32 Å². The monoisotopic (exact) mass is 360 g/mol. The standard InChI is InChI=1S/C20H27NO5/c1-12-9-15(16(20(23)24)10-13(12)2)19(22)21-8-7-14-5-6-17(25-3)18(11-14)26-4/h5-6,11,15-16H,7-10H2,1-4H3,(H,21,22)(H,23,24)/p-1/t15-,16-/m0/s1. The molecule has 0 spiro atoms. The van der Waals surface area contributed by atoms with E-state index in [9.17, 15) is 14.7 Å². The second kappa shape index (κ2) is 8.74. The van der Waals surface area contributed by atoms with Gasteiger partial charge in [-0.15, -0.1) is 0 Å². The Morgan fingerprint density at radius 2 is 1.69 bits per heavy atom. The van der Waals surface area contributed by atoms with Gasteiger partial charge >= 0.3 is 0 Å². The SMILES string of the molecule is COc1ccc(CCNC(=O)[C@H]2CC(C)=C(C)C[C@@H]2C(=O)[O-])cc1OC. The minimum atomic E-state index is -1.16. The quantitative estimate of drug-likeness (QED) is 0.744. The van der Waals surface area contributed by atoms with Crippen molar-refractivity contribution < 1.29 is 24.2 Å². The summed E-state index contributed by atoms with van der Waals surface area (Å²) in [6, 6.07) is 5.60. The average molecular weight is 360 g/mol. The molecule has 1 aromatic rings. The van der Waals surface area contributed by atoms with Crippen LogP contribution in [0, 0.1) is 11.8 Å². The summed E-state index contributed by atoms with van der Waals surface area (Å²) in [7, 11) is 3.15. The number of carboxylic acid groups (broad SMARTS) is 1. The Kier molecular flexibility index (Phi) is 6.66. The third-order valence-electron chi connectivity index (χ3n) is 5.07. The number of carboxylic acids is 1. The highest BCUT2D eigenvalue weighted by molar-refractivity contribution is 5.85. The first kappa shape index (κ1) is 19.8. The first-order chi connectivity index (χ1) is 12.4. The Labute approximate surface area is 154 Å². The van der Waals surface area contributed by atoms with Crippen LogP contribution in [0.15, 0.2) is 29.3 Å². The summed E-state index contributed by atoms with van der Waals surface area (Å²) < 4.78 is 10.5. The number of hydrogen-bond acceptors (Lipinski definition) is 5. The van der Waals surface area contributed by atoms with Gasteiger partial charge in [-0.3, -0.25) is 4.79 Å². The van der Waals surface area contributed by atoms with Crippen LogP contribution in [0.25, 0.3) is 0 Å². The van der Waals surface area contributed by atoms with Crippen LogP contribution in [0.2, 0.25) is 0 Å². The predicted octanol–water partition coefficient (Wildman–Crippen LogP) is 1.47. The lowest BCUT2D eigenvalue weighted by Crippen LogP contribution is -2.45. The topological polar surface area (TPSA) is 87.7 Å². The number of allylic oxidation sites excluding steroid dienone is 2. The van der Waals surface area contributed by atoms with Crippen LogP contribution < -0.4 is 19.9 Å². The molecule has 2 rings (SSSR count). The van der Waals surface area contributed by atoms with Gasteiger partial charge < -0.3 is 24.7 Å². The maximum Gasteiger partial charge on any atom is 0.224 e. The van der Waals surface area contributed by atoms with Crippen molar-refractivity contribution in [3.8, 4) is 11.5 Å². The molecular formula is C20H26NO5-. The Balaban J connectivity index is 1.97. The van der Waals surface area contributed by atoms with Gasteiger partial charge in [-0.2, -0.15) is 0 Å². The Bertz CT molecular complexity index is 710. The minimum Gasteiger partial charge on any atom is -0.550 e. The van der Waals surface area contributed by atoms with Gasteiger partial charge in [0.25, 0.3) is 0 Å². The van der Waals surface area contributed by atoms with Gasteiger partial charge in [0.1, 0.15) is 0 Å². The number of carbonyl (C=O) groups excluding carboxylic acids is 2. The van der Waals surface area contributed by atoms with Crippen molar-refractivity contribution >= 4 is 11.9 Å². The van der Waals surface area contributed by atoms with E-state index in [0.29, 0.717) is 37.3 Å². The number of nitrogens with one attached hydrogen (secondary N) is 1. The summed E-state index contributed by atoms with van der Waals surface area (Å²) in [6.07, 6.45) is 1.46. The van der Waals surface area contributed by atoms with Crippen LogP contribution in [-0.2, 0) is 16.0 Å². The number of methoxy groups -OCH3 is 2. The van der Waals surface area contributed by atoms with Crippen LogP contribution >= 0.6 is 0 Å². The second-order valence-corrected chi connectivity index (χ2v) is 6.73. The van der Waals surface area contributed by atoms with Crippen molar-refractivity contribution in [2.24, 2.45) is 11.8 Å². The van der Waals surface area contributed by atoms with E-state index >= 15 is 0 Å². The number of hydrogen-bond donors (Lipinski definition) is 1. The van der Waals surface area contributed by atoms with E-state index in [1.165, 1.54) is 0 Å². The van der Waals surface area contributed by atoms with E-state index in [4.69, 9.17) is 9.47 Å². The van der Waals surface area contributed by atoms with Crippen molar-refractivity contribution in [3.05, 3.63) is 34.9 Å². The Morgan fingerprint density at radius 1 is 1.08 bits per heavy atom. The average Bonchev–Trinajstić information content (AvgIpc) is 2.63. The molecule has 0 bridgehead atoms. The highest BCUT2D eigenvalue weighted by Gasteiger charge is 2.33. The number of benzene rings is 1. The number of ether oxygens (including phenoxy) is 2. The lowest BCUT2D eigenvalue weighted by Gasteiger charge is -2.32. The van der Waals surface area contributed by atoms with E-state index in [1.807, 2.05) is 32.0 Å². The van der Waals surface area contributed by atoms with Crippen LogP contribution in [0.4, 0.5) is 0 Å². The molecule has 6 heteroatoms. The van der Waals surface area contributed by atoms with Gasteiger partial charge in [0.05, 0.1) is 14.2 Å². The molecule has 2 atom stereocenters. The van der Waals surface area contributed by atoms with Gasteiger partial charge in [-0.05, 0) is 50.8 Å². The summed E-state index contributed by atoms with van der Waals surface area (Å²) >= 11 is 0. The normalized spacial score (nSPS) is 19.8. The first-order valence-corrected chi connectivity index (χ1v) is 8.72. The zero-order chi connectivity index (χ0) is 19.3. The molecular weight excluding hydrogens is 334 g/mol. The highest BCUT2D eigenvalue weighted by Crippen LogP contribution is 2.34. The third-order valence-corrected chi connectivity index (χ3v) is 5.07. The van der Waals surface area contributed by atoms with E-state index in [0.717, 1.165) is 16.7 Å². The Hall–Kier alpha value is -2.50. The molecule has 26 heavy (non-hydrogen) atoms. The van der Waals surface area contributed by atoms with Gasteiger partial charge in [-0.25, -0.2) is 0 Å². The fraction of sp³-hybridized carbons (Fsp3) is 0.500. The van der Waals surface area contributed by atoms with Gasteiger partial charge in [0.2, 0.25) is 5.91 Å². The minimum absolute atomic E-state index is 0.230. The maximum atomic E-state index is 12.5. The number of rotatable bonds is 7. The third kappa shape index (κ3) is 4.56. The number of amides is 1. The molecule has 0 saturated heterocycles. The van der Waals surface area contributed by atoms with Crippen LogP contribution in [0.5, 0.6) is 11.5 Å². The molecule has 0 saturated carbocycles. The van der Waals surface area contributed by atoms with Crippen LogP contribution in [0.1, 0.15) is 32.3 Å². The second-order valence-electron chi connectivity index (χ2n) is 6.73. The van der Waals surface area contributed by atoms with Gasteiger partial charge in [0.15, 0.2) is 11.5 Å². The lowest BCUT2D eigenvalue weighted by atomic mass is 9.76. The Morgan fingerprint density at radius 3 is 2.27 bits per heavy atom. The van der Waals surface area contributed by atoms with E-state index in [1.54, 1.807) is 14.2 Å². The van der Waals surface area contributed by atoms with Crippen LogP contribution in [0.3, 0.4) is 0 Å². The molecule has 0 unspecified atom stereocenters. The largest absolute Gasteiger partial charge is 0.550 e. The molecule has 1 N–H and O–H groups in total. The van der Waals surface area contributed by atoms with Crippen molar-refractivity contribution in [1.29, 1.82) is 0 Å². The van der Waals surface area contributed by atoms with Crippen LogP contribution in [-0.4, -0.2) is 32.6 Å². The predicted molar refractivity (Wildman–Crippen MR) is 95.9 cm³/mol. The zero-order valence-electron chi connectivity index (χ0n) is 15.8. The zero-order valence-corrected chi connectivity index (χ0v) is 15.8. The lowest BCUT2D eigenvalue weighted by molar-refractivity contribution is -0.313. The molecule has 0 aromatic heterocycles. The fourth-order valence-electron chi connectivity index (χ4n) is 3.31. The van der Waals surface area contributed by atoms with E-state index < -0.39 is 17.8 Å². The molecule has 1 aliphatic carbocycles. The molecule has 1 aliphatic rings. The summed E-state index contributed by atoms with van der Waals surface area (Å²) in [5, 5.41) is 14.3.